The maximum atomic E-state index is 8.96. The Morgan fingerprint density at radius 3 is 2.73 bits per heavy atom. The number of rotatable bonds is 7. The number of nitrogens with one attached hydrogen (secondary N) is 1. The predicted molar refractivity (Wildman–Crippen MR) is 83.1 cm³/mol. The number of methoxy groups -OCH3 is 2. The van der Waals surface area contributed by atoms with Gasteiger partial charge in [0.1, 0.15) is 17.6 Å². The van der Waals surface area contributed by atoms with Gasteiger partial charge in [0.15, 0.2) is 11.5 Å². The van der Waals surface area contributed by atoms with E-state index in [4.69, 9.17) is 14.7 Å². The molecule has 0 unspecified atom stereocenters. The summed E-state index contributed by atoms with van der Waals surface area (Å²) < 4.78 is 10.6. The molecule has 22 heavy (non-hydrogen) atoms. The van der Waals surface area contributed by atoms with Crippen LogP contribution in [0, 0.1) is 11.3 Å². The van der Waals surface area contributed by atoms with E-state index in [9.17, 15) is 0 Å². The monoisotopic (exact) mass is 298 g/mol. The van der Waals surface area contributed by atoms with Gasteiger partial charge in [-0.15, -0.1) is 0 Å². The van der Waals surface area contributed by atoms with Gasteiger partial charge in [-0.3, -0.25) is 0 Å². The molecule has 0 spiro atoms. The van der Waals surface area contributed by atoms with Crippen LogP contribution in [0.1, 0.15) is 17.7 Å². The summed E-state index contributed by atoms with van der Waals surface area (Å²) in [4.78, 5) is 8.08. The van der Waals surface area contributed by atoms with Crippen molar-refractivity contribution in [2.45, 2.75) is 12.8 Å². The van der Waals surface area contributed by atoms with Crippen LogP contribution in [-0.4, -0.2) is 30.7 Å². The van der Waals surface area contributed by atoms with Gasteiger partial charge in [-0.25, -0.2) is 9.97 Å². The van der Waals surface area contributed by atoms with Crippen LogP contribution in [0.4, 0.5) is 5.82 Å². The first kappa shape index (κ1) is 15.6. The second-order valence-corrected chi connectivity index (χ2v) is 4.57. The summed E-state index contributed by atoms with van der Waals surface area (Å²) >= 11 is 0. The average Bonchev–Trinajstić information content (AvgIpc) is 2.58. The topological polar surface area (TPSA) is 80.1 Å². The van der Waals surface area contributed by atoms with Gasteiger partial charge < -0.3 is 14.8 Å². The minimum absolute atomic E-state index is 0.307. The third-order valence-corrected chi connectivity index (χ3v) is 3.21. The molecular formula is C16H18N4O2. The number of hydrogen-bond donors (Lipinski definition) is 1. The van der Waals surface area contributed by atoms with Crippen LogP contribution in [0.3, 0.4) is 0 Å². The lowest BCUT2D eigenvalue weighted by molar-refractivity contribution is 0.398. The lowest BCUT2D eigenvalue weighted by atomic mass is 10.1. The van der Waals surface area contributed by atoms with E-state index in [1.165, 1.54) is 6.20 Å². The fraction of sp³-hybridized carbons (Fsp3) is 0.312. The smallest absolute Gasteiger partial charge is 0.182 e. The largest absolute Gasteiger partial charge is 0.497 e. The molecule has 1 heterocycles. The highest BCUT2D eigenvalue weighted by atomic mass is 16.5. The van der Waals surface area contributed by atoms with Crippen molar-refractivity contribution in [3.05, 3.63) is 41.9 Å². The van der Waals surface area contributed by atoms with E-state index in [1.807, 2.05) is 24.3 Å². The molecule has 6 heteroatoms. The fourth-order valence-corrected chi connectivity index (χ4v) is 2.11. The van der Waals surface area contributed by atoms with Crippen molar-refractivity contribution in [2.24, 2.45) is 0 Å². The number of nitrogens with zero attached hydrogens (tertiary/aromatic N) is 3. The molecule has 114 valence electrons. The highest BCUT2D eigenvalue weighted by Gasteiger charge is 2.06. The number of benzene rings is 1. The van der Waals surface area contributed by atoms with Crippen molar-refractivity contribution >= 4 is 5.82 Å². The number of ether oxygens (including phenoxy) is 2. The normalized spacial score (nSPS) is 9.86. The lowest BCUT2D eigenvalue weighted by Crippen LogP contribution is -2.07. The summed E-state index contributed by atoms with van der Waals surface area (Å²) in [7, 11) is 3.30. The average molecular weight is 298 g/mol. The molecule has 0 aliphatic carbocycles. The van der Waals surface area contributed by atoms with Crippen molar-refractivity contribution in [1.82, 2.24) is 9.97 Å². The predicted octanol–water partition coefficient (Wildman–Crippen LogP) is 2.41. The molecule has 0 aliphatic rings. The molecule has 1 N–H and O–H groups in total. The summed E-state index contributed by atoms with van der Waals surface area (Å²) in [5.41, 5.74) is 1.39. The van der Waals surface area contributed by atoms with Gasteiger partial charge >= 0.3 is 0 Å². The van der Waals surface area contributed by atoms with Crippen molar-refractivity contribution in [3.63, 3.8) is 0 Å². The molecular weight excluding hydrogens is 280 g/mol. The van der Waals surface area contributed by atoms with Crippen LogP contribution in [0.25, 0.3) is 0 Å². The Morgan fingerprint density at radius 2 is 2.00 bits per heavy atom. The molecule has 0 bridgehead atoms. The van der Waals surface area contributed by atoms with Gasteiger partial charge in [0.2, 0.25) is 0 Å². The van der Waals surface area contributed by atoms with E-state index in [0.29, 0.717) is 18.1 Å². The Bertz CT molecular complexity index is 667. The quantitative estimate of drug-likeness (QED) is 0.791. The number of nitriles is 1. The molecule has 0 aliphatic heterocycles. The third kappa shape index (κ3) is 3.85. The Kier molecular flexibility index (Phi) is 5.55. The first-order valence-corrected chi connectivity index (χ1v) is 6.94. The van der Waals surface area contributed by atoms with Crippen molar-refractivity contribution in [1.29, 1.82) is 5.26 Å². The minimum atomic E-state index is 0.307. The minimum Gasteiger partial charge on any atom is -0.497 e. The van der Waals surface area contributed by atoms with Crippen LogP contribution < -0.4 is 14.8 Å². The molecule has 1 aromatic heterocycles. The van der Waals surface area contributed by atoms with Crippen LogP contribution in [0.15, 0.2) is 30.6 Å². The Hall–Kier alpha value is -2.81. The van der Waals surface area contributed by atoms with Gasteiger partial charge in [-0.1, -0.05) is 0 Å². The number of anilines is 1. The Balaban J connectivity index is 1.93. The summed E-state index contributed by atoms with van der Waals surface area (Å²) in [6.45, 7) is 0.688. The van der Waals surface area contributed by atoms with Crippen LogP contribution >= 0.6 is 0 Å². The second kappa shape index (κ2) is 7.84. The maximum absolute atomic E-state index is 8.96. The van der Waals surface area contributed by atoms with Crippen molar-refractivity contribution < 1.29 is 9.47 Å². The highest BCUT2D eigenvalue weighted by Crippen LogP contribution is 2.25. The highest BCUT2D eigenvalue weighted by molar-refractivity contribution is 5.46. The Labute approximate surface area is 129 Å². The molecule has 0 radical (unpaired) electrons. The first-order valence-electron chi connectivity index (χ1n) is 6.94. The van der Waals surface area contributed by atoms with E-state index >= 15 is 0 Å². The molecule has 6 nitrogen and oxygen atoms in total. The molecule has 2 rings (SSSR count). The summed E-state index contributed by atoms with van der Waals surface area (Å²) in [6, 6.07) is 7.76. The SMILES string of the molecule is COc1ccc(OC)c(CCCNc2nccnc2C#N)c1. The molecule has 2 aromatic rings. The van der Waals surface area contributed by atoms with E-state index < -0.39 is 0 Å². The molecule has 0 saturated carbocycles. The number of hydrogen-bond acceptors (Lipinski definition) is 6. The van der Waals surface area contributed by atoms with E-state index in [1.54, 1.807) is 20.4 Å². The summed E-state index contributed by atoms with van der Waals surface area (Å²) in [5.74, 6) is 2.17. The van der Waals surface area contributed by atoms with E-state index in [2.05, 4.69) is 15.3 Å². The zero-order valence-corrected chi connectivity index (χ0v) is 12.7. The van der Waals surface area contributed by atoms with Crippen LogP contribution in [0.2, 0.25) is 0 Å². The molecule has 0 saturated heterocycles. The van der Waals surface area contributed by atoms with Crippen LogP contribution in [0.5, 0.6) is 11.5 Å². The first-order chi connectivity index (χ1) is 10.8. The van der Waals surface area contributed by atoms with Crippen molar-refractivity contribution in [3.8, 4) is 17.6 Å². The van der Waals surface area contributed by atoms with E-state index in [0.717, 1.165) is 29.9 Å². The van der Waals surface area contributed by atoms with Gasteiger partial charge in [-0.05, 0) is 36.6 Å². The number of aromatic nitrogens is 2. The molecule has 0 atom stereocenters. The van der Waals surface area contributed by atoms with Crippen molar-refractivity contribution in [2.75, 3.05) is 26.1 Å². The standard InChI is InChI=1S/C16H18N4O2/c1-21-13-5-6-15(22-2)12(10-13)4-3-7-19-16-14(11-17)18-8-9-20-16/h5-6,8-10H,3-4,7H2,1-2H3,(H,19,20). The zero-order chi connectivity index (χ0) is 15.8. The Morgan fingerprint density at radius 1 is 1.18 bits per heavy atom. The maximum Gasteiger partial charge on any atom is 0.182 e. The molecule has 1 aromatic carbocycles. The summed E-state index contributed by atoms with van der Waals surface area (Å²) in [5, 5.41) is 12.1. The summed E-state index contributed by atoms with van der Waals surface area (Å²) in [6.07, 6.45) is 4.76. The molecule has 0 amide bonds. The van der Waals surface area contributed by atoms with Gasteiger partial charge in [0.25, 0.3) is 0 Å². The van der Waals surface area contributed by atoms with Gasteiger partial charge in [-0.2, -0.15) is 5.26 Å². The second-order valence-electron chi connectivity index (χ2n) is 4.57. The van der Waals surface area contributed by atoms with Gasteiger partial charge in [0.05, 0.1) is 14.2 Å². The number of aryl methyl sites for hydroxylation is 1. The van der Waals surface area contributed by atoms with Gasteiger partial charge in [0, 0.05) is 18.9 Å². The fourth-order valence-electron chi connectivity index (χ4n) is 2.11. The third-order valence-electron chi connectivity index (χ3n) is 3.21. The lowest BCUT2D eigenvalue weighted by Gasteiger charge is -2.11. The van der Waals surface area contributed by atoms with E-state index in [-0.39, 0.29) is 0 Å². The van der Waals surface area contributed by atoms with Crippen LogP contribution in [-0.2, 0) is 6.42 Å². The zero-order valence-electron chi connectivity index (χ0n) is 12.7. The molecule has 0 fully saturated rings.